The van der Waals surface area contributed by atoms with E-state index in [0.717, 1.165) is 5.69 Å². The van der Waals surface area contributed by atoms with Gasteiger partial charge in [-0.15, -0.1) is 0 Å². The first-order valence-electron chi connectivity index (χ1n) is 4.85. The molecule has 1 heterocycles. The first kappa shape index (κ1) is 11.7. The van der Waals surface area contributed by atoms with Crippen LogP contribution >= 0.6 is 0 Å². The lowest BCUT2D eigenvalue weighted by Crippen LogP contribution is -2.13. The normalized spacial score (nSPS) is 10.2. The van der Waals surface area contributed by atoms with Gasteiger partial charge < -0.3 is 20.5 Å². The van der Waals surface area contributed by atoms with Gasteiger partial charge in [-0.3, -0.25) is 0 Å². The van der Waals surface area contributed by atoms with Crippen LogP contribution in [0.3, 0.4) is 0 Å². The Hall–Kier alpha value is -1.33. The lowest BCUT2D eigenvalue weighted by molar-refractivity contribution is 0.0759. The summed E-state index contributed by atoms with van der Waals surface area (Å²) >= 11 is 0. The Kier molecular flexibility index (Phi) is 5.50. The molecule has 5 heteroatoms. The summed E-state index contributed by atoms with van der Waals surface area (Å²) in [4.78, 5) is 3.96. The number of nitrogens with one attached hydrogen (secondary N) is 1. The van der Waals surface area contributed by atoms with Crippen LogP contribution in [0.25, 0.3) is 0 Å². The molecule has 15 heavy (non-hydrogen) atoms. The van der Waals surface area contributed by atoms with Crippen molar-refractivity contribution in [1.82, 2.24) is 4.98 Å². The highest BCUT2D eigenvalue weighted by Gasteiger charge is 1.96. The molecule has 0 bridgehead atoms. The number of nitrogens with zero attached hydrogens (tertiary/aromatic N) is 1. The summed E-state index contributed by atoms with van der Waals surface area (Å²) in [6.45, 7) is 2.56. The second-order valence-corrected chi connectivity index (χ2v) is 2.97. The molecule has 0 spiro atoms. The molecule has 0 saturated heterocycles. The number of rotatable bonds is 7. The predicted octanol–water partition coefficient (Wildman–Crippen LogP) is 0.739. The fraction of sp³-hybridized carbons (Fsp3) is 0.500. The molecule has 84 valence electrons. The van der Waals surface area contributed by atoms with Crippen molar-refractivity contribution in [3.8, 4) is 0 Å². The summed E-state index contributed by atoms with van der Waals surface area (Å²) in [5.41, 5.74) is 6.49. The maximum atomic E-state index is 5.65. The topological polar surface area (TPSA) is 69.4 Å². The smallest absolute Gasteiger partial charge is 0.146 e. The Labute approximate surface area is 89.6 Å². The van der Waals surface area contributed by atoms with Crippen LogP contribution in [0, 0.1) is 0 Å². The number of nitrogens with two attached hydrogens (primary N) is 1. The highest BCUT2D eigenvalue weighted by molar-refractivity contribution is 5.60. The Morgan fingerprint density at radius 2 is 2.27 bits per heavy atom. The van der Waals surface area contributed by atoms with E-state index in [4.69, 9.17) is 15.2 Å². The molecule has 0 radical (unpaired) electrons. The fourth-order valence-corrected chi connectivity index (χ4v) is 1.07. The van der Waals surface area contributed by atoms with Crippen molar-refractivity contribution in [2.75, 3.05) is 44.5 Å². The van der Waals surface area contributed by atoms with E-state index in [1.807, 2.05) is 12.1 Å². The van der Waals surface area contributed by atoms with Crippen molar-refractivity contribution >= 4 is 11.5 Å². The molecule has 1 rings (SSSR count). The van der Waals surface area contributed by atoms with Crippen LogP contribution in [0.2, 0.25) is 0 Å². The minimum atomic E-state index is 0.509. The summed E-state index contributed by atoms with van der Waals surface area (Å²) in [6.07, 6.45) is 1.66. The molecule has 0 atom stereocenters. The summed E-state index contributed by atoms with van der Waals surface area (Å²) in [6, 6.07) is 3.72. The molecule has 3 N–H and O–H groups in total. The SMILES string of the molecule is COCCOCCNc1cccnc1N. The van der Waals surface area contributed by atoms with Gasteiger partial charge in [-0.1, -0.05) is 0 Å². The number of ether oxygens (including phenoxy) is 2. The van der Waals surface area contributed by atoms with E-state index < -0.39 is 0 Å². The molecule has 0 unspecified atom stereocenters. The van der Waals surface area contributed by atoms with Crippen molar-refractivity contribution in [2.45, 2.75) is 0 Å². The number of anilines is 2. The number of methoxy groups -OCH3 is 1. The quantitative estimate of drug-likeness (QED) is 0.651. The van der Waals surface area contributed by atoms with E-state index in [1.54, 1.807) is 13.3 Å². The minimum absolute atomic E-state index is 0.509. The number of aromatic nitrogens is 1. The van der Waals surface area contributed by atoms with Crippen LogP contribution in [0.4, 0.5) is 11.5 Å². The second-order valence-electron chi connectivity index (χ2n) is 2.97. The Morgan fingerprint density at radius 1 is 1.40 bits per heavy atom. The van der Waals surface area contributed by atoms with E-state index in [0.29, 0.717) is 32.2 Å². The summed E-state index contributed by atoms with van der Waals surface area (Å²) < 4.78 is 10.1. The third-order valence-electron chi connectivity index (χ3n) is 1.83. The van der Waals surface area contributed by atoms with Crippen molar-refractivity contribution < 1.29 is 9.47 Å². The van der Waals surface area contributed by atoms with Crippen molar-refractivity contribution in [2.24, 2.45) is 0 Å². The zero-order valence-corrected chi connectivity index (χ0v) is 8.90. The zero-order valence-electron chi connectivity index (χ0n) is 8.90. The molecule has 0 amide bonds. The van der Waals surface area contributed by atoms with Gasteiger partial charge in [0.25, 0.3) is 0 Å². The van der Waals surface area contributed by atoms with Crippen LogP contribution in [-0.4, -0.2) is 38.5 Å². The lowest BCUT2D eigenvalue weighted by atomic mass is 10.4. The van der Waals surface area contributed by atoms with Gasteiger partial charge in [0, 0.05) is 19.9 Å². The van der Waals surface area contributed by atoms with Crippen molar-refractivity contribution in [1.29, 1.82) is 0 Å². The molecular weight excluding hydrogens is 194 g/mol. The fourth-order valence-electron chi connectivity index (χ4n) is 1.07. The molecule has 1 aromatic rings. The van der Waals surface area contributed by atoms with Gasteiger partial charge in [0.15, 0.2) is 0 Å². The maximum Gasteiger partial charge on any atom is 0.146 e. The first-order chi connectivity index (χ1) is 7.34. The van der Waals surface area contributed by atoms with Crippen LogP contribution in [0.1, 0.15) is 0 Å². The van der Waals surface area contributed by atoms with Gasteiger partial charge >= 0.3 is 0 Å². The summed E-state index contributed by atoms with van der Waals surface area (Å²) in [7, 11) is 1.65. The standard InChI is InChI=1S/C10H17N3O2/c1-14-7-8-15-6-5-12-9-3-2-4-13-10(9)11/h2-4,12H,5-8H2,1H3,(H2,11,13). The Morgan fingerprint density at radius 3 is 3.00 bits per heavy atom. The van der Waals surface area contributed by atoms with Gasteiger partial charge in [-0.05, 0) is 12.1 Å². The molecule has 0 aliphatic carbocycles. The molecule has 1 aromatic heterocycles. The average Bonchev–Trinajstić information content (AvgIpc) is 2.25. The summed E-state index contributed by atoms with van der Waals surface area (Å²) in [5, 5.41) is 3.14. The lowest BCUT2D eigenvalue weighted by Gasteiger charge is -2.08. The van der Waals surface area contributed by atoms with E-state index in [-0.39, 0.29) is 0 Å². The Balaban J connectivity index is 2.12. The minimum Gasteiger partial charge on any atom is -0.382 e. The van der Waals surface area contributed by atoms with E-state index >= 15 is 0 Å². The van der Waals surface area contributed by atoms with Gasteiger partial charge in [0.05, 0.1) is 25.5 Å². The van der Waals surface area contributed by atoms with Crippen LogP contribution in [0.15, 0.2) is 18.3 Å². The van der Waals surface area contributed by atoms with Crippen molar-refractivity contribution in [3.63, 3.8) is 0 Å². The van der Waals surface area contributed by atoms with Crippen LogP contribution < -0.4 is 11.1 Å². The monoisotopic (exact) mass is 211 g/mol. The van der Waals surface area contributed by atoms with E-state index in [1.165, 1.54) is 0 Å². The third kappa shape index (κ3) is 4.62. The zero-order chi connectivity index (χ0) is 10.9. The molecule has 0 saturated carbocycles. The van der Waals surface area contributed by atoms with Crippen molar-refractivity contribution in [3.05, 3.63) is 18.3 Å². The average molecular weight is 211 g/mol. The highest BCUT2D eigenvalue weighted by Crippen LogP contribution is 2.12. The molecule has 0 aliphatic heterocycles. The van der Waals surface area contributed by atoms with Gasteiger partial charge in [-0.25, -0.2) is 4.98 Å². The van der Waals surface area contributed by atoms with Gasteiger partial charge in [0.2, 0.25) is 0 Å². The number of pyridine rings is 1. The van der Waals surface area contributed by atoms with Gasteiger partial charge in [0.1, 0.15) is 5.82 Å². The maximum absolute atomic E-state index is 5.65. The molecular formula is C10H17N3O2. The van der Waals surface area contributed by atoms with Crippen LogP contribution in [-0.2, 0) is 9.47 Å². The van der Waals surface area contributed by atoms with E-state index in [2.05, 4.69) is 10.3 Å². The highest BCUT2D eigenvalue weighted by atomic mass is 16.5. The molecule has 0 fully saturated rings. The first-order valence-corrected chi connectivity index (χ1v) is 4.85. The molecule has 0 aliphatic rings. The number of hydrogen-bond acceptors (Lipinski definition) is 5. The summed E-state index contributed by atoms with van der Waals surface area (Å²) in [5.74, 6) is 0.509. The molecule has 0 aromatic carbocycles. The number of nitrogen functional groups attached to an aromatic ring is 1. The largest absolute Gasteiger partial charge is 0.382 e. The second kappa shape index (κ2) is 7.03. The van der Waals surface area contributed by atoms with E-state index in [9.17, 15) is 0 Å². The Bertz CT molecular complexity index is 281. The number of hydrogen-bond donors (Lipinski definition) is 2. The third-order valence-corrected chi connectivity index (χ3v) is 1.83. The predicted molar refractivity (Wildman–Crippen MR) is 59.8 cm³/mol. The van der Waals surface area contributed by atoms with Crippen LogP contribution in [0.5, 0.6) is 0 Å². The van der Waals surface area contributed by atoms with Gasteiger partial charge in [-0.2, -0.15) is 0 Å². The molecule has 5 nitrogen and oxygen atoms in total.